The van der Waals surface area contributed by atoms with Crippen LogP contribution in [0.15, 0.2) is 0 Å². The molecule has 288 valence electrons. The molecule has 0 aliphatic heterocycles. The molecule has 0 aromatic heterocycles. The average Bonchev–Trinajstić information content (AvgIpc) is 3.01. The lowest BCUT2D eigenvalue weighted by atomic mass is 10.8. The van der Waals surface area contributed by atoms with Gasteiger partial charge >= 0.3 is 36.6 Å². The van der Waals surface area contributed by atoms with Gasteiger partial charge in [-0.05, 0) is 0 Å². The van der Waals surface area contributed by atoms with Gasteiger partial charge in [0, 0.05) is 90.9 Å². The summed E-state index contributed by atoms with van der Waals surface area (Å²) < 4.78 is 133. The van der Waals surface area contributed by atoms with Gasteiger partial charge in [0.2, 0.25) is 0 Å². The van der Waals surface area contributed by atoms with Gasteiger partial charge in [-0.15, -0.1) is 0 Å². The van der Waals surface area contributed by atoms with E-state index in [2.05, 4.69) is 53.8 Å². The Morgan fingerprint density at radius 3 is 0.565 bits per heavy atom. The second kappa shape index (κ2) is 33.4. The van der Waals surface area contributed by atoms with Crippen LogP contribution in [0.25, 0.3) is 0 Å². The van der Waals surface area contributed by atoms with Gasteiger partial charge < -0.3 is 31.9 Å². The first-order chi connectivity index (χ1) is 20.4. The third-order valence-corrected chi connectivity index (χ3v) is 10.1. The molecule has 0 radical (unpaired) electrons. The van der Waals surface area contributed by atoms with E-state index in [0.717, 1.165) is 26.7 Å². The average molecular weight is 807 g/mol. The summed E-state index contributed by atoms with van der Waals surface area (Å²) in [4.78, 5) is 9.59. The molecule has 0 unspecified atom stereocenters. The van der Waals surface area contributed by atoms with Crippen molar-refractivity contribution < 1.29 is 93.7 Å². The quantitative estimate of drug-likeness (QED) is 0.164. The Kier molecular flexibility index (Phi) is 44.3. The third-order valence-electron chi connectivity index (χ3n) is 3.55. The lowest BCUT2D eigenvalue weighted by Crippen LogP contribution is -1.95. The molecule has 0 saturated heterocycles. The number of phosphoric acid groups is 1. The summed E-state index contributed by atoms with van der Waals surface area (Å²) >= 11 is 0. The van der Waals surface area contributed by atoms with Crippen LogP contribution in [0.5, 0.6) is 0 Å². The maximum atomic E-state index is 10.7. The minimum Gasteiger partial charge on any atom is -0.469 e. The minimum atomic E-state index is -3.16. The number of ether oxygens (including phenoxy) is 1. The third kappa shape index (κ3) is 66.3. The molecule has 0 bridgehead atoms. The van der Waals surface area contributed by atoms with E-state index in [0.29, 0.717) is 0 Å². The van der Waals surface area contributed by atoms with Crippen molar-refractivity contribution in [3.05, 3.63) is 0 Å². The maximum Gasteiger partial charge on any atom is 0.473 e. The van der Waals surface area contributed by atoms with Gasteiger partial charge in [0.25, 0.3) is 20.2 Å². The molecule has 0 heterocycles. The number of carbonyl (C=O) groups is 1. The van der Waals surface area contributed by atoms with Crippen LogP contribution < -0.4 is 0 Å². The Morgan fingerprint density at radius 2 is 0.565 bits per heavy atom. The smallest absolute Gasteiger partial charge is 0.469 e. The van der Waals surface area contributed by atoms with Crippen molar-refractivity contribution in [2.75, 3.05) is 118 Å². The summed E-state index contributed by atoms with van der Waals surface area (Å²) in [5, 5.41) is 0. The van der Waals surface area contributed by atoms with Crippen molar-refractivity contribution in [2.24, 2.45) is 0 Å². The minimum absolute atomic E-state index is 0.245. The molecule has 0 aromatic carbocycles. The van der Waals surface area contributed by atoms with Crippen LogP contribution in [-0.2, 0) is 97.1 Å². The highest BCUT2D eigenvalue weighted by Crippen LogP contribution is 2.46. The Bertz CT molecular complexity index is 996. The van der Waals surface area contributed by atoms with Crippen LogP contribution in [0.4, 0.5) is 0 Å². The van der Waals surface area contributed by atoms with E-state index in [1.54, 1.807) is 0 Å². The van der Waals surface area contributed by atoms with Gasteiger partial charge in [0.05, 0.1) is 33.8 Å². The summed E-state index contributed by atoms with van der Waals surface area (Å²) in [6, 6.07) is 0. The zero-order chi connectivity index (χ0) is 39.1. The van der Waals surface area contributed by atoms with E-state index in [1.165, 1.54) is 98.0 Å². The summed E-state index contributed by atoms with van der Waals surface area (Å²) in [7, 11) is -1.98. The lowest BCUT2D eigenvalue weighted by Gasteiger charge is -2.08. The molecule has 0 aliphatic rings. The fourth-order valence-electron chi connectivity index (χ4n) is 0.447. The van der Waals surface area contributed by atoms with E-state index < -0.39 is 50.8 Å². The molecule has 21 nitrogen and oxygen atoms in total. The molecule has 0 atom stereocenters. The highest BCUT2D eigenvalue weighted by Gasteiger charge is 2.18. The standard InChI is InChI=1S/C3H9O4P.3C3H9O3P.C3H6O2.2C2H6O3S/c1-5-8(4,6-2)7-3;3*1-5-7(3,4)6-2;1-3(4)5-2;2*1-5-6(2,3)4/h1-3H3;3*1-3H3;1-2H3;2*1-2H3. The Balaban J connectivity index is -0.0000000775. The first-order valence-electron chi connectivity index (χ1n) is 11.3. The summed E-state index contributed by atoms with van der Waals surface area (Å²) in [6.07, 6.45) is 1.99. The molecule has 0 aliphatic carbocycles. The second-order valence-electron chi connectivity index (χ2n) is 6.84. The van der Waals surface area contributed by atoms with Crippen molar-refractivity contribution in [3.8, 4) is 0 Å². The number of methoxy groups -OCH3 is 1. The van der Waals surface area contributed by atoms with Gasteiger partial charge in [-0.2, -0.15) is 16.8 Å². The molecule has 46 heavy (non-hydrogen) atoms. The fourth-order valence-corrected chi connectivity index (χ4v) is 1.34. The van der Waals surface area contributed by atoms with Gasteiger partial charge in [0.1, 0.15) is 0 Å². The van der Waals surface area contributed by atoms with E-state index in [9.17, 15) is 39.9 Å². The van der Waals surface area contributed by atoms with Gasteiger partial charge in [-0.25, -0.2) is 4.57 Å². The molecule has 0 amide bonds. The van der Waals surface area contributed by atoms with Gasteiger partial charge in [0.15, 0.2) is 0 Å². The van der Waals surface area contributed by atoms with Crippen LogP contribution in [0.1, 0.15) is 6.92 Å². The van der Waals surface area contributed by atoms with Crippen molar-refractivity contribution in [2.45, 2.75) is 6.92 Å². The molecule has 0 aromatic rings. The zero-order valence-corrected chi connectivity index (χ0v) is 34.9. The van der Waals surface area contributed by atoms with Crippen LogP contribution in [-0.4, -0.2) is 141 Å². The SMILES string of the molecule is COC(C)=O.COP(=O)(OC)OC.COP(C)(=O)OC.COP(C)(=O)OC.COP(C)(=O)OC.COS(C)(=O)=O.COS(C)(=O)=O. The summed E-state index contributed by atoms with van der Waals surface area (Å²) in [5.74, 6) is -0.245. The normalized spacial score (nSPS) is 11.3. The van der Waals surface area contributed by atoms with Crippen molar-refractivity contribution in [3.63, 3.8) is 0 Å². The number of phosphoric ester groups is 1. The van der Waals surface area contributed by atoms with Crippen molar-refractivity contribution in [1.29, 1.82) is 0 Å². The van der Waals surface area contributed by atoms with Crippen LogP contribution in [0.3, 0.4) is 0 Å². The zero-order valence-electron chi connectivity index (χ0n) is 29.7. The number of esters is 1. The monoisotopic (exact) mass is 806 g/mol. The van der Waals surface area contributed by atoms with E-state index in [-0.39, 0.29) is 5.97 Å². The molecule has 0 rings (SSSR count). The van der Waals surface area contributed by atoms with E-state index >= 15 is 0 Å². The number of carbonyl (C=O) groups excluding carboxylic acids is 1. The Hall–Kier alpha value is -0.150. The Morgan fingerprint density at radius 1 is 0.435 bits per heavy atom. The predicted molar refractivity (Wildman–Crippen MR) is 173 cm³/mol. The van der Waals surface area contributed by atoms with E-state index in [4.69, 9.17) is 0 Å². The highest BCUT2D eigenvalue weighted by molar-refractivity contribution is 7.86. The maximum absolute atomic E-state index is 10.7. The molecular weight excluding hydrogens is 752 g/mol. The Labute approximate surface area is 274 Å². The van der Waals surface area contributed by atoms with E-state index in [1.807, 2.05) is 0 Å². The van der Waals surface area contributed by atoms with Gasteiger partial charge in [-0.3, -0.25) is 40.4 Å². The van der Waals surface area contributed by atoms with Crippen LogP contribution in [0.2, 0.25) is 0 Å². The molecule has 0 fully saturated rings. The molecule has 27 heteroatoms. The molecule has 0 spiro atoms. The number of hydrogen-bond donors (Lipinski definition) is 0. The number of rotatable bonds is 11. The highest BCUT2D eigenvalue weighted by atomic mass is 32.2. The van der Waals surface area contributed by atoms with Gasteiger partial charge in [-0.1, -0.05) is 0 Å². The first kappa shape index (κ1) is 61.1. The lowest BCUT2D eigenvalue weighted by molar-refractivity contribution is -0.137. The first-order valence-corrected chi connectivity index (χ1v) is 22.4. The predicted octanol–water partition coefficient (Wildman–Crippen LogP) is 3.70. The molecule has 0 saturated carbocycles. The second-order valence-corrected chi connectivity index (χ2v) is 19.1. The summed E-state index contributed by atoms with van der Waals surface area (Å²) in [6.45, 7) is 5.59. The molecule has 0 N–H and O–H groups in total. The van der Waals surface area contributed by atoms with Crippen LogP contribution >= 0.6 is 30.6 Å². The fraction of sp³-hybridized carbons (Fsp3) is 0.947. The summed E-state index contributed by atoms with van der Waals surface area (Å²) in [5.41, 5.74) is 0. The van der Waals surface area contributed by atoms with Crippen molar-refractivity contribution >= 4 is 56.8 Å². The largest absolute Gasteiger partial charge is 0.473 e. The topological polar surface area (TPSA) is 264 Å². The number of hydrogen-bond acceptors (Lipinski definition) is 21. The molecular formula is C19H54O21P4S2. The van der Waals surface area contributed by atoms with Crippen molar-refractivity contribution in [1.82, 2.24) is 0 Å². The van der Waals surface area contributed by atoms with Crippen LogP contribution in [0, 0.1) is 0 Å².